The Bertz CT molecular complexity index is 394. The Morgan fingerprint density at radius 2 is 2.16 bits per heavy atom. The van der Waals surface area contributed by atoms with Crippen LogP contribution in [0.25, 0.3) is 0 Å². The number of nitrogens with zero attached hydrogens (tertiary/aromatic N) is 1. The van der Waals surface area contributed by atoms with E-state index in [1.807, 2.05) is 12.1 Å². The highest BCUT2D eigenvalue weighted by Crippen LogP contribution is 2.20. The molecule has 0 saturated carbocycles. The van der Waals surface area contributed by atoms with Gasteiger partial charge >= 0.3 is 0 Å². The SMILES string of the molecule is CCCNC1CCN(Cc2ccccc2F)C(C)C1. The fourth-order valence-electron chi connectivity index (χ4n) is 2.83. The van der Waals surface area contributed by atoms with E-state index in [0.717, 1.165) is 31.6 Å². The molecule has 1 fully saturated rings. The van der Waals surface area contributed by atoms with Crippen molar-refractivity contribution in [2.45, 2.75) is 51.7 Å². The summed E-state index contributed by atoms with van der Waals surface area (Å²) >= 11 is 0. The lowest BCUT2D eigenvalue weighted by atomic mass is 9.97. The fraction of sp³-hybridized carbons (Fsp3) is 0.625. The lowest BCUT2D eigenvalue weighted by molar-refractivity contribution is 0.127. The lowest BCUT2D eigenvalue weighted by Crippen LogP contribution is -2.47. The molecule has 1 heterocycles. The van der Waals surface area contributed by atoms with Crippen molar-refractivity contribution in [1.29, 1.82) is 0 Å². The first-order valence-electron chi connectivity index (χ1n) is 7.41. The Morgan fingerprint density at radius 3 is 2.84 bits per heavy atom. The minimum atomic E-state index is -0.0825. The second kappa shape index (κ2) is 7.01. The Labute approximate surface area is 116 Å². The van der Waals surface area contributed by atoms with Gasteiger partial charge in [-0.3, -0.25) is 4.90 Å². The van der Waals surface area contributed by atoms with Gasteiger partial charge in [-0.15, -0.1) is 0 Å². The highest BCUT2D eigenvalue weighted by Gasteiger charge is 2.25. The van der Waals surface area contributed by atoms with Gasteiger partial charge in [0, 0.05) is 30.7 Å². The van der Waals surface area contributed by atoms with E-state index in [0.29, 0.717) is 12.1 Å². The maximum atomic E-state index is 13.7. The van der Waals surface area contributed by atoms with Gasteiger partial charge in [0.05, 0.1) is 0 Å². The molecule has 2 rings (SSSR count). The molecule has 0 aromatic heterocycles. The van der Waals surface area contributed by atoms with E-state index in [1.54, 1.807) is 12.1 Å². The Balaban J connectivity index is 1.88. The second-order valence-electron chi connectivity index (χ2n) is 5.59. The van der Waals surface area contributed by atoms with E-state index in [1.165, 1.54) is 12.8 Å². The maximum Gasteiger partial charge on any atom is 0.127 e. The minimum absolute atomic E-state index is 0.0825. The van der Waals surface area contributed by atoms with Gasteiger partial charge in [-0.25, -0.2) is 4.39 Å². The van der Waals surface area contributed by atoms with Crippen molar-refractivity contribution < 1.29 is 4.39 Å². The van der Waals surface area contributed by atoms with Gasteiger partial charge in [0.2, 0.25) is 0 Å². The van der Waals surface area contributed by atoms with E-state index < -0.39 is 0 Å². The molecule has 1 saturated heterocycles. The number of likely N-dealkylation sites (tertiary alicyclic amines) is 1. The monoisotopic (exact) mass is 264 g/mol. The third kappa shape index (κ3) is 4.02. The van der Waals surface area contributed by atoms with Crippen molar-refractivity contribution in [3.63, 3.8) is 0 Å². The van der Waals surface area contributed by atoms with Gasteiger partial charge in [0.1, 0.15) is 5.82 Å². The standard InChI is InChI=1S/C16H25FN2/c1-3-9-18-15-8-10-19(13(2)11-15)12-14-6-4-5-7-16(14)17/h4-7,13,15,18H,3,8-12H2,1-2H3. The third-order valence-electron chi connectivity index (χ3n) is 4.03. The molecular formula is C16H25FN2. The smallest absolute Gasteiger partial charge is 0.127 e. The average Bonchev–Trinajstić information content (AvgIpc) is 2.41. The zero-order valence-corrected chi connectivity index (χ0v) is 12.0. The molecule has 3 heteroatoms. The molecule has 106 valence electrons. The van der Waals surface area contributed by atoms with Crippen molar-refractivity contribution in [2.24, 2.45) is 0 Å². The summed E-state index contributed by atoms with van der Waals surface area (Å²) in [7, 11) is 0. The summed E-state index contributed by atoms with van der Waals surface area (Å²) in [5.74, 6) is -0.0825. The van der Waals surface area contributed by atoms with Crippen LogP contribution in [0.3, 0.4) is 0 Å². The molecule has 2 atom stereocenters. The zero-order valence-electron chi connectivity index (χ0n) is 12.0. The molecule has 0 aliphatic carbocycles. The summed E-state index contributed by atoms with van der Waals surface area (Å²) < 4.78 is 13.7. The van der Waals surface area contributed by atoms with E-state index >= 15 is 0 Å². The highest BCUT2D eigenvalue weighted by atomic mass is 19.1. The second-order valence-corrected chi connectivity index (χ2v) is 5.59. The van der Waals surface area contributed by atoms with Crippen molar-refractivity contribution in [3.8, 4) is 0 Å². The van der Waals surface area contributed by atoms with Crippen LogP contribution >= 0.6 is 0 Å². The lowest BCUT2D eigenvalue weighted by Gasteiger charge is -2.38. The number of hydrogen-bond acceptors (Lipinski definition) is 2. The fourth-order valence-corrected chi connectivity index (χ4v) is 2.83. The first-order valence-corrected chi connectivity index (χ1v) is 7.41. The summed E-state index contributed by atoms with van der Waals surface area (Å²) in [6, 6.07) is 8.26. The number of nitrogens with one attached hydrogen (secondary N) is 1. The van der Waals surface area contributed by atoms with Crippen molar-refractivity contribution >= 4 is 0 Å². The molecule has 1 aromatic carbocycles. The van der Waals surface area contributed by atoms with E-state index in [4.69, 9.17) is 0 Å². The van der Waals surface area contributed by atoms with Gasteiger partial charge in [-0.1, -0.05) is 25.1 Å². The van der Waals surface area contributed by atoms with Gasteiger partial charge in [-0.2, -0.15) is 0 Å². The molecule has 2 unspecified atom stereocenters. The maximum absolute atomic E-state index is 13.7. The number of halogens is 1. The van der Waals surface area contributed by atoms with Crippen molar-refractivity contribution in [2.75, 3.05) is 13.1 Å². The average molecular weight is 264 g/mol. The molecule has 1 aromatic rings. The van der Waals surface area contributed by atoms with Crippen LogP contribution < -0.4 is 5.32 Å². The Kier molecular flexibility index (Phi) is 5.34. The quantitative estimate of drug-likeness (QED) is 0.878. The van der Waals surface area contributed by atoms with Gasteiger partial charge in [0.15, 0.2) is 0 Å². The van der Waals surface area contributed by atoms with E-state index in [2.05, 4.69) is 24.1 Å². The molecule has 0 bridgehead atoms. The van der Waals surface area contributed by atoms with Crippen LogP contribution in [0.4, 0.5) is 4.39 Å². The molecular weight excluding hydrogens is 239 g/mol. The van der Waals surface area contributed by atoms with E-state index in [9.17, 15) is 4.39 Å². The minimum Gasteiger partial charge on any atom is -0.314 e. The summed E-state index contributed by atoms with van der Waals surface area (Å²) in [4.78, 5) is 2.39. The largest absolute Gasteiger partial charge is 0.314 e. The molecule has 1 aliphatic rings. The number of benzene rings is 1. The van der Waals surface area contributed by atoms with E-state index in [-0.39, 0.29) is 5.82 Å². The molecule has 1 N–H and O–H groups in total. The first kappa shape index (κ1) is 14.5. The Morgan fingerprint density at radius 1 is 1.37 bits per heavy atom. The molecule has 19 heavy (non-hydrogen) atoms. The van der Waals surface area contributed by atoms with Crippen LogP contribution in [0, 0.1) is 5.82 Å². The molecule has 0 spiro atoms. The highest BCUT2D eigenvalue weighted by molar-refractivity contribution is 5.17. The number of rotatable bonds is 5. The number of hydrogen-bond donors (Lipinski definition) is 1. The van der Waals surface area contributed by atoms with Crippen LogP contribution in [0.2, 0.25) is 0 Å². The van der Waals surface area contributed by atoms with Crippen LogP contribution in [0.15, 0.2) is 24.3 Å². The zero-order chi connectivity index (χ0) is 13.7. The van der Waals surface area contributed by atoms with Crippen LogP contribution in [-0.2, 0) is 6.54 Å². The molecule has 0 amide bonds. The van der Waals surface area contributed by atoms with Crippen LogP contribution in [-0.4, -0.2) is 30.1 Å². The van der Waals surface area contributed by atoms with Gasteiger partial charge in [0.25, 0.3) is 0 Å². The normalized spacial score (nSPS) is 24.6. The third-order valence-corrected chi connectivity index (χ3v) is 4.03. The summed E-state index contributed by atoms with van der Waals surface area (Å²) in [6.07, 6.45) is 3.51. The van der Waals surface area contributed by atoms with Crippen LogP contribution in [0.1, 0.15) is 38.7 Å². The molecule has 2 nitrogen and oxygen atoms in total. The predicted octanol–water partition coefficient (Wildman–Crippen LogP) is 3.18. The predicted molar refractivity (Wildman–Crippen MR) is 77.6 cm³/mol. The van der Waals surface area contributed by atoms with Crippen LogP contribution in [0.5, 0.6) is 0 Å². The van der Waals surface area contributed by atoms with Gasteiger partial charge < -0.3 is 5.32 Å². The van der Waals surface area contributed by atoms with Crippen molar-refractivity contribution in [3.05, 3.63) is 35.6 Å². The summed E-state index contributed by atoms with van der Waals surface area (Å²) in [5, 5.41) is 3.60. The summed E-state index contributed by atoms with van der Waals surface area (Å²) in [6.45, 7) is 7.33. The summed E-state index contributed by atoms with van der Waals surface area (Å²) in [5.41, 5.74) is 0.814. The number of piperidine rings is 1. The Hall–Kier alpha value is -0.930. The first-order chi connectivity index (χ1) is 9.20. The van der Waals surface area contributed by atoms with Gasteiger partial charge in [-0.05, 0) is 38.8 Å². The van der Waals surface area contributed by atoms with Crippen molar-refractivity contribution in [1.82, 2.24) is 10.2 Å². The topological polar surface area (TPSA) is 15.3 Å². The molecule has 0 radical (unpaired) electrons. The molecule has 1 aliphatic heterocycles.